The van der Waals surface area contributed by atoms with E-state index < -0.39 is 6.04 Å². The summed E-state index contributed by atoms with van der Waals surface area (Å²) >= 11 is 12.2. The van der Waals surface area contributed by atoms with E-state index in [2.05, 4.69) is 5.32 Å². The zero-order chi connectivity index (χ0) is 24.5. The number of carbonyl (C=O) groups excluding carboxylic acids is 2. The summed E-state index contributed by atoms with van der Waals surface area (Å²) in [5.74, 6) is -0.174. The number of halogens is 2. The Morgan fingerprint density at radius 3 is 2.38 bits per heavy atom. The second-order valence-electron chi connectivity index (χ2n) is 7.91. The molecule has 2 amide bonds. The third-order valence-electron chi connectivity index (χ3n) is 5.47. The zero-order valence-corrected chi connectivity index (χ0v) is 20.8. The first-order valence-electron chi connectivity index (χ1n) is 11.1. The van der Waals surface area contributed by atoms with Crippen molar-refractivity contribution in [2.75, 3.05) is 13.2 Å². The number of aryl methyl sites for hydroxylation is 1. The van der Waals surface area contributed by atoms with Crippen molar-refractivity contribution in [3.05, 3.63) is 99.5 Å². The van der Waals surface area contributed by atoms with Gasteiger partial charge in [0.2, 0.25) is 5.91 Å². The molecule has 0 saturated heterocycles. The molecular formula is C27H28Cl2N2O3. The summed E-state index contributed by atoms with van der Waals surface area (Å²) in [5, 5.41) is 3.67. The van der Waals surface area contributed by atoms with Crippen LogP contribution in [-0.2, 0) is 22.6 Å². The van der Waals surface area contributed by atoms with Crippen LogP contribution < -0.4 is 10.1 Å². The van der Waals surface area contributed by atoms with Gasteiger partial charge in [-0.3, -0.25) is 9.59 Å². The Balaban J connectivity index is 1.91. The lowest BCUT2D eigenvalue weighted by Gasteiger charge is -2.32. The molecule has 7 heteroatoms. The monoisotopic (exact) mass is 498 g/mol. The molecule has 3 aromatic rings. The third kappa shape index (κ3) is 6.99. The van der Waals surface area contributed by atoms with Crippen LogP contribution in [0.2, 0.25) is 10.0 Å². The van der Waals surface area contributed by atoms with Crippen molar-refractivity contribution < 1.29 is 14.3 Å². The van der Waals surface area contributed by atoms with E-state index in [0.717, 1.165) is 16.7 Å². The zero-order valence-electron chi connectivity index (χ0n) is 19.3. The molecule has 3 aromatic carbocycles. The number of hydrogen-bond donors (Lipinski definition) is 1. The molecular weight excluding hydrogens is 471 g/mol. The molecule has 3 rings (SSSR count). The number of amides is 2. The van der Waals surface area contributed by atoms with E-state index in [0.29, 0.717) is 28.8 Å². The number of hydrogen-bond acceptors (Lipinski definition) is 3. The third-order valence-corrected chi connectivity index (χ3v) is 6.00. The maximum absolute atomic E-state index is 13.5. The van der Waals surface area contributed by atoms with E-state index in [9.17, 15) is 9.59 Å². The Morgan fingerprint density at radius 1 is 1.00 bits per heavy atom. The highest BCUT2D eigenvalue weighted by Crippen LogP contribution is 2.27. The van der Waals surface area contributed by atoms with Crippen molar-refractivity contribution in [1.82, 2.24) is 10.2 Å². The van der Waals surface area contributed by atoms with Crippen molar-refractivity contribution in [3.63, 3.8) is 0 Å². The summed E-state index contributed by atoms with van der Waals surface area (Å²) in [7, 11) is 0. The van der Waals surface area contributed by atoms with Gasteiger partial charge in [-0.1, -0.05) is 77.8 Å². The van der Waals surface area contributed by atoms with Gasteiger partial charge in [0.05, 0.1) is 5.02 Å². The lowest BCUT2D eigenvalue weighted by Crippen LogP contribution is -2.51. The Bertz CT molecular complexity index is 1120. The maximum atomic E-state index is 13.5. The number of benzene rings is 3. The van der Waals surface area contributed by atoms with E-state index in [1.165, 1.54) is 0 Å². The minimum Gasteiger partial charge on any atom is -0.482 e. The quantitative estimate of drug-likeness (QED) is 0.403. The first-order chi connectivity index (χ1) is 16.4. The molecule has 0 aliphatic heterocycles. The lowest BCUT2D eigenvalue weighted by molar-refractivity contribution is -0.142. The lowest BCUT2D eigenvalue weighted by atomic mass is 10.0. The molecule has 0 unspecified atom stereocenters. The van der Waals surface area contributed by atoms with Gasteiger partial charge in [0, 0.05) is 24.5 Å². The summed E-state index contributed by atoms with van der Waals surface area (Å²) in [5.41, 5.74) is 2.96. The SMILES string of the molecule is CCNC(=O)[C@@H](Cc1ccccc1)N(Cc1ccccc1C)C(=O)COc1ccc(Cl)cc1Cl. The largest absolute Gasteiger partial charge is 0.482 e. The minimum absolute atomic E-state index is 0.210. The fourth-order valence-corrected chi connectivity index (χ4v) is 4.09. The molecule has 1 atom stereocenters. The van der Waals surface area contributed by atoms with Gasteiger partial charge in [0.15, 0.2) is 6.61 Å². The molecule has 0 bridgehead atoms. The van der Waals surface area contributed by atoms with Crippen LogP contribution in [0.25, 0.3) is 0 Å². The molecule has 1 N–H and O–H groups in total. The van der Waals surface area contributed by atoms with Gasteiger partial charge in [-0.15, -0.1) is 0 Å². The van der Waals surface area contributed by atoms with Crippen molar-refractivity contribution in [3.8, 4) is 5.75 Å². The maximum Gasteiger partial charge on any atom is 0.261 e. The van der Waals surface area contributed by atoms with Crippen LogP contribution in [0.1, 0.15) is 23.6 Å². The van der Waals surface area contributed by atoms with Crippen LogP contribution >= 0.6 is 23.2 Å². The molecule has 178 valence electrons. The average Bonchev–Trinajstić information content (AvgIpc) is 2.82. The van der Waals surface area contributed by atoms with Crippen LogP contribution in [0.3, 0.4) is 0 Å². The molecule has 0 aromatic heterocycles. The van der Waals surface area contributed by atoms with Crippen molar-refractivity contribution in [2.45, 2.75) is 32.9 Å². The van der Waals surface area contributed by atoms with Gasteiger partial charge in [-0.05, 0) is 48.7 Å². The van der Waals surface area contributed by atoms with Crippen LogP contribution in [0, 0.1) is 6.92 Å². The summed E-state index contributed by atoms with van der Waals surface area (Å²) in [6, 6.07) is 21.6. The molecule has 34 heavy (non-hydrogen) atoms. The van der Waals surface area contributed by atoms with Crippen LogP contribution in [0.15, 0.2) is 72.8 Å². The minimum atomic E-state index is -0.709. The first-order valence-corrected chi connectivity index (χ1v) is 11.9. The highest BCUT2D eigenvalue weighted by molar-refractivity contribution is 6.35. The highest BCUT2D eigenvalue weighted by Gasteiger charge is 2.30. The van der Waals surface area contributed by atoms with Crippen molar-refractivity contribution in [2.24, 2.45) is 0 Å². The van der Waals surface area contributed by atoms with Gasteiger partial charge in [-0.25, -0.2) is 0 Å². The number of carbonyl (C=O) groups is 2. The van der Waals surface area contributed by atoms with E-state index in [1.807, 2.05) is 68.4 Å². The summed E-state index contributed by atoms with van der Waals surface area (Å²) < 4.78 is 5.73. The predicted molar refractivity (Wildman–Crippen MR) is 136 cm³/mol. The predicted octanol–water partition coefficient (Wildman–Crippen LogP) is 5.46. The molecule has 0 saturated carbocycles. The smallest absolute Gasteiger partial charge is 0.261 e. The van der Waals surface area contributed by atoms with E-state index >= 15 is 0 Å². The topological polar surface area (TPSA) is 58.6 Å². The molecule has 0 aliphatic carbocycles. The molecule has 0 radical (unpaired) electrons. The summed E-state index contributed by atoms with van der Waals surface area (Å²) in [6.07, 6.45) is 0.381. The normalized spacial score (nSPS) is 11.5. The summed E-state index contributed by atoms with van der Waals surface area (Å²) in [4.78, 5) is 28.2. The van der Waals surface area contributed by atoms with Crippen LogP contribution in [-0.4, -0.2) is 35.9 Å². The number of nitrogens with one attached hydrogen (secondary N) is 1. The Morgan fingerprint density at radius 2 is 1.71 bits per heavy atom. The van der Waals surface area contributed by atoms with E-state index in [4.69, 9.17) is 27.9 Å². The van der Waals surface area contributed by atoms with Gasteiger partial charge >= 0.3 is 0 Å². The number of ether oxygens (including phenoxy) is 1. The van der Waals surface area contributed by atoms with Gasteiger partial charge in [-0.2, -0.15) is 0 Å². The van der Waals surface area contributed by atoms with Crippen LogP contribution in [0.4, 0.5) is 0 Å². The molecule has 0 fully saturated rings. The Kier molecular flexibility index (Phi) is 9.37. The second kappa shape index (κ2) is 12.4. The average molecular weight is 499 g/mol. The van der Waals surface area contributed by atoms with Gasteiger partial charge in [0.1, 0.15) is 11.8 Å². The number of rotatable bonds is 10. The Labute approximate surface area is 210 Å². The molecule has 0 spiro atoms. The number of likely N-dealkylation sites (N-methyl/N-ethyl adjacent to an activating group) is 1. The second-order valence-corrected chi connectivity index (χ2v) is 8.76. The standard InChI is InChI=1S/C27H28Cl2N2O3/c1-3-30-27(33)24(15-20-10-5-4-6-11-20)31(17-21-12-8-7-9-19(21)2)26(32)18-34-25-14-13-22(28)16-23(25)29/h4-14,16,24H,3,15,17-18H2,1-2H3,(H,30,33)/t24-/m1/s1. The van der Waals surface area contributed by atoms with Gasteiger partial charge < -0.3 is 15.0 Å². The van der Waals surface area contributed by atoms with Crippen molar-refractivity contribution >= 4 is 35.0 Å². The number of nitrogens with zero attached hydrogens (tertiary/aromatic N) is 1. The van der Waals surface area contributed by atoms with Crippen molar-refractivity contribution in [1.29, 1.82) is 0 Å². The highest BCUT2D eigenvalue weighted by atomic mass is 35.5. The fourth-order valence-electron chi connectivity index (χ4n) is 3.63. The van der Waals surface area contributed by atoms with E-state index in [-0.39, 0.29) is 25.0 Å². The van der Waals surface area contributed by atoms with Crippen LogP contribution in [0.5, 0.6) is 5.75 Å². The fraction of sp³-hybridized carbons (Fsp3) is 0.259. The molecule has 0 heterocycles. The van der Waals surface area contributed by atoms with E-state index in [1.54, 1.807) is 23.1 Å². The first kappa shape index (κ1) is 25.6. The van der Waals surface area contributed by atoms with Gasteiger partial charge in [0.25, 0.3) is 5.91 Å². The molecule has 5 nitrogen and oxygen atoms in total. The summed E-state index contributed by atoms with van der Waals surface area (Å²) in [6.45, 7) is 4.32. The molecule has 0 aliphatic rings. The Hall–Kier alpha value is -3.02.